The van der Waals surface area contributed by atoms with Gasteiger partial charge in [-0.05, 0) is 31.0 Å². The molecule has 2 aromatic carbocycles. The van der Waals surface area contributed by atoms with Gasteiger partial charge in [0.05, 0.1) is 11.3 Å². The maximum atomic E-state index is 14.1. The van der Waals surface area contributed by atoms with Crippen LogP contribution in [0, 0.1) is 19.7 Å². The van der Waals surface area contributed by atoms with Crippen LogP contribution in [-0.4, -0.2) is 10.2 Å². The van der Waals surface area contributed by atoms with E-state index in [-0.39, 0.29) is 5.82 Å². The molecule has 0 aliphatic carbocycles. The highest BCUT2D eigenvalue weighted by molar-refractivity contribution is 5.89. The summed E-state index contributed by atoms with van der Waals surface area (Å²) in [6.07, 6.45) is 0. The highest BCUT2D eigenvalue weighted by Gasteiger charge is 2.18. The standard InChI is InChI=1S/C17H16FN3/c1-10-6-5-8-12(11(10)2)16-15(17(19)21-20-16)13-7-3-4-9-14(13)18/h3-9H,1-2H3,(H3,19,20,21). The molecule has 0 aliphatic rings. The molecule has 0 saturated carbocycles. The Morgan fingerprint density at radius 1 is 1.00 bits per heavy atom. The fourth-order valence-corrected chi connectivity index (χ4v) is 2.51. The van der Waals surface area contributed by atoms with Crippen molar-refractivity contribution in [2.24, 2.45) is 0 Å². The van der Waals surface area contributed by atoms with Gasteiger partial charge in [-0.15, -0.1) is 0 Å². The molecule has 0 atom stereocenters. The summed E-state index contributed by atoms with van der Waals surface area (Å²) >= 11 is 0. The van der Waals surface area contributed by atoms with Gasteiger partial charge in [-0.2, -0.15) is 5.10 Å². The van der Waals surface area contributed by atoms with Gasteiger partial charge in [0.2, 0.25) is 0 Å². The second-order valence-electron chi connectivity index (χ2n) is 5.09. The maximum Gasteiger partial charge on any atom is 0.153 e. The van der Waals surface area contributed by atoms with E-state index in [1.54, 1.807) is 18.2 Å². The molecule has 4 heteroatoms. The number of rotatable bonds is 2. The van der Waals surface area contributed by atoms with Gasteiger partial charge in [0.15, 0.2) is 5.82 Å². The number of nitrogens with one attached hydrogen (secondary N) is 1. The Hall–Kier alpha value is -2.62. The average molecular weight is 281 g/mol. The second-order valence-corrected chi connectivity index (χ2v) is 5.09. The Balaban J connectivity index is 2.28. The number of nitrogens with zero attached hydrogens (tertiary/aromatic N) is 1. The zero-order chi connectivity index (χ0) is 15.0. The molecular formula is C17H16FN3. The van der Waals surface area contributed by atoms with Crippen molar-refractivity contribution in [3.63, 3.8) is 0 Å². The second kappa shape index (κ2) is 5.05. The largest absolute Gasteiger partial charge is 0.382 e. The first-order chi connectivity index (χ1) is 10.1. The molecule has 1 heterocycles. The summed E-state index contributed by atoms with van der Waals surface area (Å²) in [6, 6.07) is 12.6. The number of anilines is 1. The highest BCUT2D eigenvalue weighted by Crippen LogP contribution is 2.37. The van der Waals surface area contributed by atoms with Crippen molar-refractivity contribution in [1.82, 2.24) is 10.2 Å². The van der Waals surface area contributed by atoms with Crippen LogP contribution in [0.4, 0.5) is 10.2 Å². The van der Waals surface area contributed by atoms with Crippen molar-refractivity contribution in [2.75, 3.05) is 5.73 Å². The summed E-state index contributed by atoms with van der Waals surface area (Å²) in [6.45, 7) is 4.08. The lowest BCUT2D eigenvalue weighted by Crippen LogP contribution is -1.93. The Labute approximate surface area is 122 Å². The van der Waals surface area contributed by atoms with Gasteiger partial charge in [-0.1, -0.05) is 36.4 Å². The number of nitrogens with two attached hydrogens (primary N) is 1. The summed E-state index contributed by atoms with van der Waals surface area (Å²) in [5, 5.41) is 7.01. The lowest BCUT2D eigenvalue weighted by atomic mass is 9.95. The van der Waals surface area contributed by atoms with E-state index in [9.17, 15) is 4.39 Å². The minimum absolute atomic E-state index is 0.302. The third-order valence-electron chi connectivity index (χ3n) is 3.81. The van der Waals surface area contributed by atoms with Crippen LogP contribution in [0.5, 0.6) is 0 Å². The number of aryl methyl sites for hydroxylation is 1. The van der Waals surface area contributed by atoms with Crippen LogP contribution in [-0.2, 0) is 0 Å². The van der Waals surface area contributed by atoms with Gasteiger partial charge in [0.25, 0.3) is 0 Å². The molecule has 1 aromatic heterocycles. The van der Waals surface area contributed by atoms with Gasteiger partial charge in [-0.3, -0.25) is 5.10 Å². The first-order valence-electron chi connectivity index (χ1n) is 6.75. The zero-order valence-electron chi connectivity index (χ0n) is 11.9. The van der Waals surface area contributed by atoms with Crippen LogP contribution in [0.1, 0.15) is 11.1 Å². The molecule has 0 aliphatic heterocycles. The Morgan fingerprint density at radius 3 is 2.48 bits per heavy atom. The molecule has 3 rings (SSSR count). The fraction of sp³-hybridized carbons (Fsp3) is 0.118. The zero-order valence-corrected chi connectivity index (χ0v) is 11.9. The fourth-order valence-electron chi connectivity index (χ4n) is 2.51. The summed E-state index contributed by atoms with van der Waals surface area (Å²) in [5.74, 6) is -0.00633. The van der Waals surface area contributed by atoms with E-state index in [2.05, 4.69) is 10.2 Å². The van der Waals surface area contributed by atoms with Crippen molar-refractivity contribution in [3.8, 4) is 22.4 Å². The first-order valence-corrected chi connectivity index (χ1v) is 6.75. The number of hydrogen-bond acceptors (Lipinski definition) is 2. The predicted octanol–water partition coefficient (Wildman–Crippen LogP) is 4.08. The first kappa shape index (κ1) is 13.4. The van der Waals surface area contributed by atoms with Crippen molar-refractivity contribution in [3.05, 3.63) is 59.4 Å². The molecule has 0 bridgehead atoms. The van der Waals surface area contributed by atoms with E-state index in [4.69, 9.17) is 5.73 Å². The number of nitrogen functional groups attached to an aromatic ring is 1. The van der Waals surface area contributed by atoms with E-state index in [0.717, 1.165) is 16.8 Å². The summed E-state index contributed by atoms with van der Waals surface area (Å²) < 4.78 is 14.1. The SMILES string of the molecule is Cc1cccc(-c2[nH]nc(N)c2-c2ccccc2F)c1C. The molecule has 106 valence electrons. The molecule has 3 N–H and O–H groups in total. The van der Waals surface area contributed by atoms with Crippen molar-refractivity contribution < 1.29 is 4.39 Å². The number of aromatic amines is 1. The van der Waals surface area contributed by atoms with Crippen LogP contribution in [0.25, 0.3) is 22.4 Å². The van der Waals surface area contributed by atoms with Gasteiger partial charge in [0.1, 0.15) is 5.82 Å². The summed E-state index contributed by atoms with van der Waals surface area (Å²) in [5.41, 5.74) is 11.1. The van der Waals surface area contributed by atoms with Crippen LogP contribution in [0.2, 0.25) is 0 Å². The molecule has 3 aromatic rings. The third kappa shape index (κ3) is 2.18. The predicted molar refractivity (Wildman–Crippen MR) is 83.3 cm³/mol. The Morgan fingerprint density at radius 2 is 1.71 bits per heavy atom. The molecule has 0 unspecified atom stereocenters. The van der Waals surface area contributed by atoms with Crippen LogP contribution < -0.4 is 5.73 Å². The van der Waals surface area contributed by atoms with Gasteiger partial charge < -0.3 is 5.73 Å². The van der Waals surface area contributed by atoms with E-state index in [1.807, 2.05) is 32.0 Å². The molecule has 0 fully saturated rings. The van der Waals surface area contributed by atoms with Crippen LogP contribution in [0.3, 0.4) is 0 Å². The smallest absolute Gasteiger partial charge is 0.153 e. The van der Waals surface area contributed by atoms with Gasteiger partial charge >= 0.3 is 0 Å². The normalized spacial score (nSPS) is 10.8. The lowest BCUT2D eigenvalue weighted by Gasteiger charge is -2.10. The minimum Gasteiger partial charge on any atom is -0.382 e. The molecule has 0 spiro atoms. The summed E-state index contributed by atoms with van der Waals surface area (Å²) in [4.78, 5) is 0. The molecule has 0 amide bonds. The van der Waals surface area contributed by atoms with E-state index >= 15 is 0 Å². The molecule has 0 radical (unpaired) electrons. The highest BCUT2D eigenvalue weighted by atomic mass is 19.1. The van der Waals surface area contributed by atoms with Crippen molar-refractivity contribution in [2.45, 2.75) is 13.8 Å². The van der Waals surface area contributed by atoms with Crippen LogP contribution >= 0.6 is 0 Å². The number of halogens is 1. The molecule has 3 nitrogen and oxygen atoms in total. The Bertz CT molecular complexity index is 806. The third-order valence-corrected chi connectivity index (χ3v) is 3.81. The van der Waals surface area contributed by atoms with E-state index in [0.29, 0.717) is 16.9 Å². The molecule has 21 heavy (non-hydrogen) atoms. The Kier molecular flexibility index (Phi) is 3.22. The number of hydrogen-bond donors (Lipinski definition) is 2. The summed E-state index contributed by atoms with van der Waals surface area (Å²) in [7, 11) is 0. The monoisotopic (exact) mass is 281 g/mol. The number of aromatic nitrogens is 2. The van der Waals surface area contributed by atoms with Crippen molar-refractivity contribution >= 4 is 5.82 Å². The molecule has 0 saturated heterocycles. The van der Waals surface area contributed by atoms with Gasteiger partial charge in [-0.25, -0.2) is 4.39 Å². The lowest BCUT2D eigenvalue weighted by molar-refractivity contribution is 0.631. The van der Waals surface area contributed by atoms with Crippen molar-refractivity contribution in [1.29, 1.82) is 0 Å². The average Bonchev–Trinajstić information content (AvgIpc) is 2.84. The van der Waals surface area contributed by atoms with Crippen LogP contribution in [0.15, 0.2) is 42.5 Å². The van der Waals surface area contributed by atoms with Gasteiger partial charge in [0, 0.05) is 11.1 Å². The maximum absolute atomic E-state index is 14.1. The van der Waals surface area contributed by atoms with E-state index in [1.165, 1.54) is 11.6 Å². The molecular weight excluding hydrogens is 265 g/mol. The number of H-pyrrole nitrogens is 1. The quantitative estimate of drug-likeness (QED) is 0.743. The topological polar surface area (TPSA) is 54.7 Å². The number of benzene rings is 2. The minimum atomic E-state index is -0.308. The van der Waals surface area contributed by atoms with E-state index < -0.39 is 0 Å².